The standard InChI is InChI=1S/C13H20N2O6/c1-20-12(18)10-8-21-5-4-15(10)13(19)14(7-11(16)17)6-9-2-3-9/h9-10H,2-8H2,1H3,(H,16,17). The first kappa shape index (κ1) is 15.6. The van der Waals surface area contributed by atoms with E-state index in [2.05, 4.69) is 4.74 Å². The normalized spacial score (nSPS) is 21.8. The predicted octanol–water partition coefficient (Wildman–Crippen LogP) is -0.223. The van der Waals surface area contributed by atoms with Crippen LogP contribution in [0.25, 0.3) is 0 Å². The quantitative estimate of drug-likeness (QED) is 0.705. The van der Waals surface area contributed by atoms with E-state index >= 15 is 0 Å². The number of amides is 2. The summed E-state index contributed by atoms with van der Waals surface area (Å²) in [5.74, 6) is -1.25. The molecule has 2 aliphatic rings. The Bertz CT molecular complexity index is 423. The second kappa shape index (κ2) is 6.75. The Morgan fingerprint density at radius 2 is 2.10 bits per heavy atom. The van der Waals surface area contributed by atoms with Crippen molar-refractivity contribution < 1.29 is 29.0 Å². The molecule has 8 heteroatoms. The maximum atomic E-state index is 12.6. The molecule has 0 aromatic rings. The van der Waals surface area contributed by atoms with Crippen LogP contribution in [0.1, 0.15) is 12.8 Å². The molecule has 0 bridgehead atoms. The Labute approximate surface area is 122 Å². The van der Waals surface area contributed by atoms with Crippen LogP contribution in [0.4, 0.5) is 4.79 Å². The molecule has 2 fully saturated rings. The molecule has 1 aliphatic carbocycles. The highest BCUT2D eigenvalue weighted by atomic mass is 16.5. The van der Waals surface area contributed by atoms with Crippen LogP contribution in [-0.4, -0.2) is 78.9 Å². The van der Waals surface area contributed by atoms with Gasteiger partial charge in [-0.05, 0) is 18.8 Å². The van der Waals surface area contributed by atoms with Gasteiger partial charge in [0, 0.05) is 13.1 Å². The Hall–Kier alpha value is -1.83. The van der Waals surface area contributed by atoms with E-state index in [1.165, 1.54) is 16.9 Å². The number of hydrogen-bond donors (Lipinski definition) is 1. The number of methoxy groups -OCH3 is 1. The number of ether oxygens (including phenoxy) is 2. The Morgan fingerprint density at radius 3 is 2.67 bits per heavy atom. The number of carbonyl (C=O) groups is 3. The molecule has 0 radical (unpaired) electrons. The topological polar surface area (TPSA) is 96.4 Å². The second-order valence-corrected chi connectivity index (χ2v) is 5.31. The van der Waals surface area contributed by atoms with Crippen LogP contribution in [0.3, 0.4) is 0 Å². The van der Waals surface area contributed by atoms with Gasteiger partial charge in [0.15, 0.2) is 6.04 Å². The van der Waals surface area contributed by atoms with Gasteiger partial charge < -0.3 is 24.4 Å². The van der Waals surface area contributed by atoms with E-state index in [4.69, 9.17) is 9.84 Å². The van der Waals surface area contributed by atoms with Gasteiger partial charge in [0.2, 0.25) is 0 Å². The van der Waals surface area contributed by atoms with Crippen molar-refractivity contribution in [3.8, 4) is 0 Å². The summed E-state index contributed by atoms with van der Waals surface area (Å²) in [6.45, 7) is 0.697. The minimum atomic E-state index is -1.06. The molecule has 1 saturated carbocycles. The number of nitrogens with zero attached hydrogens (tertiary/aromatic N) is 2. The minimum Gasteiger partial charge on any atom is -0.480 e. The second-order valence-electron chi connectivity index (χ2n) is 5.31. The lowest BCUT2D eigenvalue weighted by molar-refractivity contribution is -0.151. The van der Waals surface area contributed by atoms with Crippen molar-refractivity contribution in [1.82, 2.24) is 9.80 Å². The fraction of sp³-hybridized carbons (Fsp3) is 0.769. The summed E-state index contributed by atoms with van der Waals surface area (Å²) in [5.41, 5.74) is 0. The highest BCUT2D eigenvalue weighted by Gasteiger charge is 2.37. The van der Waals surface area contributed by atoms with E-state index < -0.39 is 24.0 Å². The van der Waals surface area contributed by atoms with Crippen molar-refractivity contribution in [2.45, 2.75) is 18.9 Å². The van der Waals surface area contributed by atoms with Crippen molar-refractivity contribution in [1.29, 1.82) is 0 Å². The molecular weight excluding hydrogens is 280 g/mol. The number of carboxylic acid groups (broad SMARTS) is 1. The van der Waals surface area contributed by atoms with Gasteiger partial charge in [0.05, 0.1) is 20.3 Å². The molecular formula is C13H20N2O6. The molecule has 0 spiro atoms. The van der Waals surface area contributed by atoms with Crippen molar-refractivity contribution >= 4 is 18.0 Å². The SMILES string of the molecule is COC(=O)C1COCCN1C(=O)N(CC(=O)O)CC1CC1. The van der Waals surface area contributed by atoms with Crippen molar-refractivity contribution in [2.24, 2.45) is 5.92 Å². The Morgan fingerprint density at radius 1 is 1.38 bits per heavy atom. The molecule has 0 aromatic carbocycles. The molecule has 21 heavy (non-hydrogen) atoms. The minimum absolute atomic E-state index is 0.0722. The fourth-order valence-electron chi connectivity index (χ4n) is 2.33. The molecule has 8 nitrogen and oxygen atoms in total. The van der Waals surface area contributed by atoms with Gasteiger partial charge in [-0.25, -0.2) is 9.59 Å². The number of carboxylic acids is 1. The Balaban J connectivity index is 2.08. The van der Waals surface area contributed by atoms with E-state index in [1.807, 2.05) is 0 Å². The molecule has 1 N–H and O–H groups in total. The lowest BCUT2D eigenvalue weighted by atomic mass is 10.2. The number of carbonyl (C=O) groups excluding carboxylic acids is 2. The lowest BCUT2D eigenvalue weighted by Crippen LogP contribution is -2.57. The first-order valence-corrected chi connectivity index (χ1v) is 6.96. The average molecular weight is 300 g/mol. The van der Waals surface area contributed by atoms with Gasteiger partial charge in [0.1, 0.15) is 6.54 Å². The van der Waals surface area contributed by atoms with Gasteiger partial charge in [-0.1, -0.05) is 0 Å². The van der Waals surface area contributed by atoms with Crippen LogP contribution < -0.4 is 0 Å². The number of morpholine rings is 1. The first-order chi connectivity index (χ1) is 10.0. The molecule has 1 saturated heterocycles. The fourth-order valence-corrected chi connectivity index (χ4v) is 2.33. The maximum absolute atomic E-state index is 12.6. The molecule has 1 unspecified atom stereocenters. The molecule has 2 rings (SSSR count). The summed E-state index contributed by atoms with van der Waals surface area (Å²) >= 11 is 0. The molecule has 1 aliphatic heterocycles. The molecule has 2 amide bonds. The first-order valence-electron chi connectivity index (χ1n) is 6.96. The molecule has 118 valence electrons. The zero-order chi connectivity index (χ0) is 15.4. The summed E-state index contributed by atoms with van der Waals surface area (Å²) in [5, 5.41) is 8.96. The van der Waals surface area contributed by atoms with Gasteiger partial charge in [0.25, 0.3) is 0 Å². The van der Waals surface area contributed by atoms with Crippen LogP contribution in [0.15, 0.2) is 0 Å². The van der Waals surface area contributed by atoms with Crippen LogP contribution in [0.5, 0.6) is 0 Å². The van der Waals surface area contributed by atoms with E-state index in [1.54, 1.807) is 0 Å². The van der Waals surface area contributed by atoms with E-state index in [0.717, 1.165) is 12.8 Å². The number of rotatable bonds is 5. The van der Waals surface area contributed by atoms with Gasteiger partial charge in [-0.2, -0.15) is 0 Å². The van der Waals surface area contributed by atoms with Gasteiger partial charge >= 0.3 is 18.0 Å². The molecule has 1 atom stereocenters. The Kier molecular flexibility index (Phi) is 5.00. The monoisotopic (exact) mass is 300 g/mol. The number of esters is 1. The van der Waals surface area contributed by atoms with E-state index in [-0.39, 0.29) is 19.7 Å². The zero-order valence-corrected chi connectivity index (χ0v) is 12.0. The van der Waals surface area contributed by atoms with Crippen LogP contribution in [-0.2, 0) is 19.1 Å². The van der Waals surface area contributed by atoms with Crippen molar-refractivity contribution in [2.75, 3.05) is 40.0 Å². The third kappa shape index (κ3) is 4.07. The highest BCUT2D eigenvalue weighted by Crippen LogP contribution is 2.30. The van der Waals surface area contributed by atoms with Crippen LogP contribution in [0.2, 0.25) is 0 Å². The van der Waals surface area contributed by atoms with Crippen molar-refractivity contribution in [3.05, 3.63) is 0 Å². The lowest BCUT2D eigenvalue weighted by Gasteiger charge is -2.37. The smallest absolute Gasteiger partial charge is 0.331 e. The summed E-state index contributed by atoms with van der Waals surface area (Å²) in [6.07, 6.45) is 2.01. The van der Waals surface area contributed by atoms with Crippen LogP contribution >= 0.6 is 0 Å². The zero-order valence-electron chi connectivity index (χ0n) is 12.0. The maximum Gasteiger partial charge on any atom is 0.331 e. The number of aliphatic carboxylic acids is 1. The highest BCUT2D eigenvalue weighted by molar-refractivity contribution is 5.86. The summed E-state index contributed by atoms with van der Waals surface area (Å²) in [7, 11) is 1.25. The van der Waals surface area contributed by atoms with Gasteiger partial charge in [-0.3, -0.25) is 4.79 Å². The molecule has 1 heterocycles. The summed E-state index contributed by atoms with van der Waals surface area (Å²) < 4.78 is 9.89. The van der Waals surface area contributed by atoms with Crippen LogP contribution in [0, 0.1) is 5.92 Å². The van der Waals surface area contributed by atoms with Crippen molar-refractivity contribution in [3.63, 3.8) is 0 Å². The largest absolute Gasteiger partial charge is 0.480 e. The van der Waals surface area contributed by atoms with Gasteiger partial charge in [-0.15, -0.1) is 0 Å². The number of urea groups is 1. The molecule has 0 aromatic heterocycles. The predicted molar refractivity (Wildman–Crippen MR) is 70.7 cm³/mol. The van der Waals surface area contributed by atoms with E-state index in [9.17, 15) is 14.4 Å². The third-order valence-electron chi connectivity index (χ3n) is 3.62. The third-order valence-corrected chi connectivity index (χ3v) is 3.62. The summed E-state index contributed by atoms with van der Waals surface area (Å²) in [6, 6.07) is -1.25. The average Bonchev–Trinajstić information content (AvgIpc) is 3.28. The van der Waals surface area contributed by atoms with E-state index in [0.29, 0.717) is 19.1 Å². The summed E-state index contributed by atoms with van der Waals surface area (Å²) in [4.78, 5) is 37.9. The number of hydrogen-bond acceptors (Lipinski definition) is 5.